The Bertz CT molecular complexity index is 1390. The van der Waals surface area contributed by atoms with Gasteiger partial charge in [0.2, 0.25) is 5.75 Å². The Morgan fingerprint density at radius 2 is 1.95 bits per heavy atom. The number of nitrogens with one attached hydrogen (secondary N) is 1. The molecule has 3 atom stereocenters. The highest BCUT2D eigenvalue weighted by Crippen LogP contribution is 2.37. The number of carbonyl (C=O) groups excluding carboxylic acids is 2. The van der Waals surface area contributed by atoms with E-state index in [1.54, 1.807) is 0 Å². The van der Waals surface area contributed by atoms with Gasteiger partial charge in [0.25, 0.3) is 11.5 Å². The highest BCUT2D eigenvalue weighted by Gasteiger charge is 2.32. The third kappa shape index (κ3) is 6.78. The number of carbonyl (C=O) groups is 2. The molecule has 2 aliphatic rings. The van der Waals surface area contributed by atoms with Crippen molar-refractivity contribution in [2.24, 2.45) is 13.0 Å². The molecule has 2 aliphatic carbocycles. The largest absolute Gasteiger partial charge is 0.501 e. The lowest BCUT2D eigenvalue weighted by molar-refractivity contribution is -0.116. The monoisotopic (exact) mass is 535 g/mol. The number of Topliss-reactive ketones (excluding diaryl/α,β-unsaturated/α-hetero) is 1. The van der Waals surface area contributed by atoms with Crippen LogP contribution in [0.1, 0.15) is 67.3 Å². The van der Waals surface area contributed by atoms with Gasteiger partial charge in [-0.25, -0.2) is 9.37 Å². The number of aromatic hydroxyl groups is 1. The molecule has 0 saturated carbocycles. The Morgan fingerprint density at radius 3 is 2.64 bits per heavy atom. The maximum absolute atomic E-state index is 13.2. The minimum atomic E-state index is -0.759. The third-order valence-electron chi connectivity index (χ3n) is 7.29. The molecule has 8 nitrogen and oxygen atoms in total. The van der Waals surface area contributed by atoms with Crippen molar-refractivity contribution in [2.45, 2.75) is 58.1 Å². The van der Waals surface area contributed by atoms with Gasteiger partial charge in [-0.1, -0.05) is 48.9 Å². The number of ether oxygens (including phenoxy) is 1. The lowest BCUT2D eigenvalue weighted by Gasteiger charge is -2.31. The van der Waals surface area contributed by atoms with E-state index in [0.29, 0.717) is 30.9 Å². The van der Waals surface area contributed by atoms with Crippen LogP contribution in [0.5, 0.6) is 5.75 Å². The minimum absolute atomic E-state index is 0.0281. The van der Waals surface area contributed by atoms with Crippen molar-refractivity contribution in [1.29, 1.82) is 0 Å². The van der Waals surface area contributed by atoms with Crippen LogP contribution in [0.25, 0.3) is 0 Å². The number of halogens is 1. The van der Waals surface area contributed by atoms with Gasteiger partial charge in [0.15, 0.2) is 5.69 Å². The zero-order chi connectivity index (χ0) is 28.1. The molecule has 2 N–H and O–H groups in total. The van der Waals surface area contributed by atoms with E-state index < -0.39 is 34.6 Å². The summed E-state index contributed by atoms with van der Waals surface area (Å²) in [6, 6.07) is 5.61. The number of allylic oxidation sites excluding steroid dienone is 4. The average Bonchev–Trinajstić information content (AvgIpc) is 2.91. The quantitative estimate of drug-likeness (QED) is 0.465. The van der Waals surface area contributed by atoms with Crippen molar-refractivity contribution in [3.8, 4) is 5.75 Å². The summed E-state index contributed by atoms with van der Waals surface area (Å²) in [7, 11) is 1.49. The standard InChI is InChI=1S/C30H34FN3O5/c1-18-6-4-5-7-22(18)17-39-24-13-10-21(14-19(2)35)25(15-24)28-33-26(27(36)30(38)34(28)3)29(37)32-16-20-8-11-23(31)12-9-20/h4-5,7-12,18,24-25,36H,6,13-17H2,1-3H3,(H,32,37)/t18?,24-,25+/m0/s1. The number of hydrogen-bond donors (Lipinski definition) is 2. The van der Waals surface area contributed by atoms with Crippen LogP contribution < -0.4 is 10.9 Å². The number of amides is 1. The summed E-state index contributed by atoms with van der Waals surface area (Å²) in [5.41, 5.74) is 1.51. The maximum Gasteiger partial charge on any atom is 0.296 e. The molecule has 1 heterocycles. The zero-order valence-electron chi connectivity index (χ0n) is 22.4. The Labute approximate surface area is 226 Å². The number of benzene rings is 1. The van der Waals surface area contributed by atoms with Crippen molar-refractivity contribution >= 4 is 11.7 Å². The number of ketones is 1. The molecule has 39 heavy (non-hydrogen) atoms. The van der Waals surface area contributed by atoms with E-state index in [1.165, 1.54) is 48.4 Å². The van der Waals surface area contributed by atoms with Gasteiger partial charge < -0.3 is 15.2 Å². The summed E-state index contributed by atoms with van der Waals surface area (Å²) in [6.45, 7) is 4.20. The SMILES string of the molecule is CC(=O)CC1=CC[C@H](OCC2=CC=CCC2C)C[C@H]1c1nc(C(=O)NCc2ccc(F)cc2)c(O)c(=O)n1C. The van der Waals surface area contributed by atoms with Gasteiger partial charge in [-0.05, 0) is 55.4 Å². The van der Waals surface area contributed by atoms with Crippen LogP contribution in [-0.4, -0.2) is 39.1 Å². The summed E-state index contributed by atoms with van der Waals surface area (Å²) in [5, 5.41) is 13.1. The lowest BCUT2D eigenvalue weighted by atomic mass is 9.82. The molecule has 4 rings (SSSR count). The van der Waals surface area contributed by atoms with E-state index in [1.807, 2.05) is 12.2 Å². The third-order valence-corrected chi connectivity index (χ3v) is 7.29. The van der Waals surface area contributed by atoms with E-state index >= 15 is 0 Å². The Morgan fingerprint density at radius 1 is 1.21 bits per heavy atom. The van der Waals surface area contributed by atoms with E-state index in [-0.39, 0.29) is 30.7 Å². The molecule has 1 aromatic carbocycles. The summed E-state index contributed by atoms with van der Waals surface area (Å²) in [6.07, 6.45) is 10.3. The average molecular weight is 536 g/mol. The van der Waals surface area contributed by atoms with Gasteiger partial charge in [-0.15, -0.1) is 0 Å². The minimum Gasteiger partial charge on any atom is -0.501 e. The van der Waals surface area contributed by atoms with Crippen molar-refractivity contribution < 1.29 is 23.8 Å². The molecule has 0 fully saturated rings. The van der Waals surface area contributed by atoms with Crippen molar-refractivity contribution in [2.75, 3.05) is 6.61 Å². The van der Waals surface area contributed by atoms with Crippen molar-refractivity contribution in [3.63, 3.8) is 0 Å². The van der Waals surface area contributed by atoms with Crippen LogP contribution in [-0.2, 0) is 23.1 Å². The van der Waals surface area contributed by atoms with Crippen LogP contribution in [0.2, 0.25) is 0 Å². The molecular weight excluding hydrogens is 501 g/mol. The number of nitrogens with zero attached hydrogens (tertiary/aromatic N) is 2. The van der Waals surface area contributed by atoms with Crippen LogP contribution >= 0.6 is 0 Å². The lowest BCUT2D eigenvalue weighted by Crippen LogP contribution is -2.33. The second-order valence-electron chi connectivity index (χ2n) is 10.3. The summed E-state index contributed by atoms with van der Waals surface area (Å²) >= 11 is 0. The van der Waals surface area contributed by atoms with Crippen LogP contribution in [0, 0.1) is 11.7 Å². The summed E-state index contributed by atoms with van der Waals surface area (Å²) < 4.78 is 20.7. The topological polar surface area (TPSA) is 111 Å². The molecule has 206 valence electrons. The first kappa shape index (κ1) is 28.2. The Balaban J connectivity index is 1.59. The van der Waals surface area contributed by atoms with Gasteiger partial charge in [-0.2, -0.15) is 0 Å². The molecule has 0 aliphatic heterocycles. The summed E-state index contributed by atoms with van der Waals surface area (Å²) in [5.74, 6) is -1.70. The van der Waals surface area contributed by atoms with E-state index in [9.17, 15) is 23.9 Å². The smallest absolute Gasteiger partial charge is 0.296 e. The molecular formula is C30H34FN3O5. The van der Waals surface area contributed by atoms with Gasteiger partial charge in [-0.3, -0.25) is 19.0 Å². The first-order valence-electron chi connectivity index (χ1n) is 13.1. The van der Waals surface area contributed by atoms with Crippen LogP contribution in [0.3, 0.4) is 0 Å². The van der Waals surface area contributed by atoms with Crippen LogP contribution in [0.4, 0.5) is 4.39 Å². The number of rotatable bonds is 9. The second-order valence-corrected chi connectivity index (χ2v) is 10.3. The zero-order valence-corrected chi connectivity index (χ0v) is 22.4. The van der Waals surface area contributed by atoms with Crippen molar-refractivity contribution in [1.82, 2.24) is 14.9 Å². The fourth-order valence-electron chi connectivity index (χ4n) is 4.97. The molecule has 0 saturated heterocycles. The maximum atomic E-state index is 13.2. The normalized spacial score (nSPS) is 20.8. The fourth-order valence-corrected chi connectivity index (χ4v) is 4.97. The van der Waals surface area contributed by atoms with Crippen molar-refractivity contribution in [3.05, 3.63) is 93.0 Å². The molecule has 9 heteroatoms. The van der Waals surface area contributed by atoms with E-state index in [0.717, 1.165) is 12.0 Å². The van der Waals surface area contributed by atoms with Gasteiger partial charge in [0, 0.05) is 25.9 Å². The van der Waals surface area contributed by atoms with E-state index in [2.05, 4.69) is 29.4 Å². The molecule has 1 amide bonds. The molecule has 0 spiro atoms. The number of aromatic nitrogens is 2. The highest BCUT2D eigenvalue weighted by molar-refractivity contribution is 5.94. The second kappa shape index (κ2) is 12.3. The van der Waals surface area contributed by atoms with Crippen LogP contribution in [0.15, 0.2) is 64.5 Å². The Hall–Kier alpha value is -3.85. The predicted octanol–water partition coefficient (Wildman–Crippen LogP) is 4.25. The molecule has 0 radical (unpaired) electrons. The first-order valence-corrected chi connectivity index (χ1v) is 13.1. The Kier molecular flexibility index (Phi) is 8.91. The van der Waals surface area contributed by atoms with Gasteiger partial charge in [0.05, 0.1) is 12.7 Å². The fraction of sp³-hybridized carbons (Fsp3) is 0.400. The molecule has 2 aromatic rings. The van der Waals surface area contributed by atoms with Gasteiger partial charge in [0.1, 0.15) is 17.4 Å². The molecule has 0 bridgehead atoms. The highest BCUT2D eigenvalue weighted by atomic mass is 19.1. The molecule has 1 unspecified atom stereocenters. The number of hydrogen-bond acceptors (Lipinski definition) is 6. The first-order chi connectivity index (χ1) is 18.6. The molecule has 1 aromatic heterocycles. The summed E-state index contributed by atoms with van der Waals surface area (Å²) in [4.78, 5) is 42.5. The van der Waals surface area contributed by atoms with E-state index in [4.69, 9.17) is 4.74 Å². The predicted molar refractivity (Wildman–Crippen MR) is 145 cm³/mol. The van der Waals surface area contributed by atoms with Gasteiger partial charge >= 0.3 is 0 Å².